The first-order valence-electron chi connectivity index (χ1n) is 11.1. The zero-order valence-corrected chi connectivity index (χ0v) is 18.2. The highest BCUT2D eigenvalue weighted by atomic mass is 16.6. The molecule has 0 aromatic heterocycles. The number of ketones is 1. The van der Waals surface area contributed by atoms with Crippen molar-refractivity contribution >= 4 is 35.2 Å². The van der Waals surface area contributed by atoms with Gasteiger partial charge in [-0.25, -0.2) is 4.90 Å². The SMILES string of the molecule is O=C(c1ccccc1)[C@H]1[C@H]2C(=O)N(c3cccc([N+](=O)[O-])c3)C(=O)[C@H]2C2c3ccccc3C=NN21. The Morgan fingerprint density at radius 3 is 2.37 bits per heavy atom. The summed E-state index contributed by atoms with van der Waals surface area (Å²) < 4.78 is 0. The van der Waals surface area contributed by atoms with Gasteiger partial charge in [-0.3, -0.25) is 29.5 Å². The van der Waals surface area contributed by atoms with Gasteiger partial charge in [0.15, 0.2) is 5.78 Å². The molecule has 2 amide bonds. The lowest BCUT2D eigenvalue weighted by Crippen LogP contribution is -2.44. The maximum absolute atomic E-state index is 13.8. The average Bonchev–Trinajstić information content (AvgIpc) is 3.36. The normalized spacial score (nSPS) is 24.2. The van der Waals surface area contributed by atoms with Gasteiger partial charge in [0.05, 0.1) is 34.7 Å². The molecule has 0 N–H and O–H groups in total. The second kappa shape index (κ2) is 7.69. The predicted molar refractivity (Wildman–Crippen MR) is 126 cm³/mol. The van der Waals surface area contributed by atoms with E-state index in [1.54, 1.807) is 41.6 Å². The van der Waals surface area contributed by atoms with Crippen LogP contribution in [0.1, 0.15) is 27.5 Å². The van der Waals surface area contributed by atoms with E-state index in [-0.39, 0.29) is 17.2 Å². The van der Waals surface area contributed by atoms with Crippen molar-refractivity contribution < 1.29 is 19.3 Å². The number of carbonyl (C=O) groups is 3. The molecule has 3 aromatic rings. The van der Waals surface area contributed by atoms with Gasteiger partial charge in [0.1, 0.15) is 6.04 Å². The summed E-state index contributed by atoms with van der Waals surface area (Å²) in [6, 6.07) is 19.9. The van der Waals surface area contributed by atoms with Crippen molar-refractivity contribution in [1.82, 2.24) is 5.01 Å². The number of Topliss-reactive ketones (excluding diaryl/α,β-unsaturated/α-hetero) is 1. The van der Waals surface area contributed by atoms with Crippen LogP contribution < -0.4 is 4.90 Å². The van der Waals surface area contributed by atoms with E-state index in [1.165, 1.54) is 24.3 Å². The van der Waals surface area contributed by atoms with E-state index in [2.05, 4.69) is 5.10 Å². The molecule has 4 atom stereocenters. The number of imide groups is 1. The second-order valence-electron chi connectivity index (χ2n) is 8.71. The number of rotatable bonds is 4. The summed E-state index contributed by atoms with van der Waals surface area (Å²) in [5.74, 6) is -3.20. The third-order valence-corrected chi connectivity index (χ3v) is 6.92. The summed E-state index contributed by atoms with van der Waals surface area (Å²) in [4.78, 5) is 53.0. The first kappa shape index (κ1) is 20.9. The van der Waals surface area contributed by atoms with Gasteiger partial charge in [0, 0.05) is 17.7 Å². The Balaban J connectivity index is 1.50. The van der Waals surface area contributed by atoms with Crippen LogP contribution >= 0.6 is 0 Å². The number of carbonyl (C=O) groups excluding carboxylic acids is 3. The fourth-order valence-corrected chi connectivity index (χ4v) is 5.44. The van der Waals surface area contributed by atoms with Crippen LogP contribution in [0.2, 0.25) is 0 Å². The van der Waals surface area contributed by atoms with Gasteiger partial charge < -0.3 is 0 Å². The fourth-order valence-electron chi connectivity index (χ4n) is 5.44. The molecule has 0 bridgehead atoms. The molecule has 3 aromatic carbocycles. The largest absolute Gasteiger partial charge is 0.292 e. The lowest BCUT2D eigenvalue weighted by molar-refractivity contribution is -0.384. The molecular formula is C26H18N4O5. The molecular weight excluding hydrogens is 448 g/mol. The Kier molecular flexibility index (Phi) is 4.60. The van der Waals surface area contributed by atoms with E-state index in [9.17, 15) is 24.5 Å². The van der Waals surface area contributed by atoms with Crippen LogP contribution in [0.25, 0.3) is 0 Å². The zero-order valence-electron chi connectivity index (χ0n) is 18.2. The number of anilines is 1. The Bertz CT molecular complexity index is 1440. The minimum absolute atomic E-state index is 0.119. The smallest absolute Gasteiger partial charge is 0.271 e. The van der Waals surface area contributed by atoms with Crippen LogP contribution in [0.3, 0.4) is 0 Å². The van der Waals surface area contributed by atoms with Crippen molar-refractivity contribution in [3.8, 4) is 0 Å². The molecule has 35 heavy (non-hydrogen) atoms. The molecule has 2 fully saturated rings. The van der Waals surface area contributed by atoms with E-state index in [0.717, 1.165) is 16.0 Å². The molecule has 0 spiro atoms. The third-order valence-electron chi connectivity index (χ3n) is 6.92. The number of nitro groups is 1. The standard InChI is InChI=1S/C26H18N4O5/c31-24(15-7-2-1-3-8-15)23-21-20(22-19-12-5-4-9-16(19)14-27-29(22)23)25(32)28(26(21)33)17-10-6-11-18(13-17)30(34)35/h1-14,20-23H/t20-,21+,22?,23-/m1/s1. The number of hydrogen-bond donors (Lipinski definition) is 0. The van der Waals surface area contributed by atoms with Gasteiger partial charge >= 0.3 is 0 Å². The first-order chi connectivity index (χ1) is 17.0. The molecule has 3 aliphatic rings. The summed E-state index contributed by atoms with van der Waals surface area (Å²) in [6.45, 7) is 0. The second-order valence-corrected chi connectivity index (χ2v) is 8.71. The van der Waals surface area contributed by atoms with Gasteiger partial charge in [-0.15, -0.1) is 0 Å². The maximum Gasteiger partial charge on any atom is 0.271 e. The Hall–Kier alpha value is -4.66. The molecule has 3 heterocycles. The van der Waals surface area contributed by atoms with Gasteiger partial charge in [0.2, 0.25) is 11.8 Å². The van der Waals surface area contributed by atoms with Crippen molar-refractivity contribution in [2.75, 3.05) is 4.90 Å². The average molecular weight is 466 g/mol. The number of hydrogen-bond acceptors (Lipinski definition) is 7. The molecule has 9 nitrogen and oxygen atoms in total. The predicted octanol–water partition coefficient (Wildman–Crippen LogP) is 3.36. The molecule has 6 rings (SSSR count). The number of benzene rings is 3. The van der Waals surface area contributed by atoms with Crippen LogP contribution in [0.4, 0.5) is 11.4 Å². The minimum Gasteiger partial charge on any atom is -0.292 e. The Labute approximate surface area is 199 Å². The van der Waals surface area contributed by atoms with E-state index in [1.807, 2.05) is 24.3 Å². The van der Waals surface area contributed by atoms with E-state index in [0.29, 0.717) is 5.56 Å². The molecule has 9 heteroatoms. The number of non-ortho nitro benzene ring substituents is 1. The van der Waals surface area contributed by atoms with Crippen LogP contribution in [0.15, 0.2) is 84.0 Å². The van der Waals surface area contributed by atoms with Crippen LogP contribution in [-0.2, 0) is 9.59 Å². The number of hydrazone groups is 1. The topological polar surface area (TPSA) is 113 Å². The third kappa shape index (κ3) is 3.01. The van der Waals surface area contributed by atoms with Crippen LogP contribution in [-0.4, -0.2) is 39.8 Å². The molecule has 0 saturated carbocycles. The summed E-state index contributed by atoms with van der Waals surface area (Å²) in [7, 11) is 0. The highest BCUT2D eigenvalue weighted by Gasteiger charge is 2.65. The van der Waals surface area contributed by atoms with E-state index >= 15 is 0 Å². The fraction of sp³-hybridized carbons (Fsp3) is 0.154. The number of amides is 2. The van der Waals surface area contributed by atoms with Crippen molar-refractivity contribution in [2.45, 2.75) is 12.1 Å². The van der Waals surface area contributed by atoms with Crippen molar-refractivity contribution in [1.29, 1.82) is 0 Å². The van der Waals surface area contributed by atoms with Crippen LogP contribution in [0, 0.1) is 22.0 Å². The molecule has 1 unspecified atom stereocenters. The summed E-state index contributed by atoms with van der Waals surface area (Å²) in [5.41, 5.74) is 1.93. The summed E-state index contributed by atoms with van der Waals surface area (Å²) in [5, 5.41) is 17.4. The lowest BCUT2D eigenvalue weighted by atomic mass is 9.83. The highest BCUT2D eigenvalue weighted by molar-refractivity contribution is 6.24. The molecule has 3 aliphatic heterocycles. The Morgan fingerprint density at radius 2 is 1.60 bits per heavy atom. The quantitative estimate of drug-likeness (QED) is 0.252. The molecule has 2 saturated heterocycles. The number of fused-ring (bicyclic) bond motifs is 5. The van der Waals surface area contributed by atoms with Crippen molar-refractivity contribution in [3.63, 3.8) is 0 Å². The van der Waals surface area contributed by atoms with Gasteiger partial charge in [0.25, 0.3) is 5.69 Å². The maximum atomic E-state index is 13.8. The highest BCUT2D eigenvalue weighted by Crippen LogP contribution is 2.53. The molecule has 0 aliphatic carbocycles. The van der Waals surface area contributed by atoms with Gasteiger partial charge in [-0.1, -0.05) is 60.7 Å². The van der Waals surface area contributed by atoms with E-state index in [4.69, 9.17) is 0 Å². The number of nitrogens with zero attached hydrogens (tertiary/aromatic N) is 4. The van der Waals surface area contributed by atoms with E-state index < -0.39 is 40.7 Å². The van der Waals surface area contributed by atoms with Gasteiger partial charge in [-0.2, -0.15) is 5.10 Å². The lowest BCUT2D eigenvalue weighted by Gasteiger charge is -2.33. The monoisotopic (exact) mass is 466 g/mol. The molecule has 172 valence electrons. The van der Waals surface area contributed by atoms with Crippen molar-refractivity contribution in [2.24, 2.45) is 16.9 Å². The summed E-state index contributed by atoms with van der Waals surface area (Å²) >= 11 is 0. The number of nitro benzene ring substituents is 1. The minimum atomic E-state index is -0.989. The summed E-state index contributed by atoms with van der Waals surface area (Å²) in [6.07, 6.45) is 1.64. The molecule has 0 radical (unpaired) electrons. The van der Waals surface area contributed by atoms with Gasteiger partial charge in [-0.05, 0) is 17.2 Å². The first-order valence-corrected chi connectivity index (χ1v) is 11.1. The van der Waals surface area contributed by atoms with Crippen LogP contribution in [0.5, 0.6) is 0 Å². The Morgan fingerprint density at radius 1 is 0.886 bits per heavy atom. The van der Waals surface area contributed by atoms with Crippen molar-refractivity contribution in [3.05, 3.63) is 106 Å². The zero-order chi connectivity index (χ0) is 24.3.